The largest absolute Gasteiger partial charge is 0.493 e. The van der Waals surface area contributed by atoms with E-state index in [1.54, 1.807) is 50.4 Å². The zero-order chi connectivity index (χ0) is 26.1. The molecule has 0 saturated heterocycles. The molecule has 37 heavy (non-hydrogen) atoms. The topological polar surface area (TPSA) is 102 Å². The average molecular weight is 502 g/mol. The number of Topliss-reactive ketones (excluding diaryl/α,β-unsaturated/α-hetero) is 1. The van der Waals surface area contributed by atoms with Gasteiger partial charge in [-0.05, 0) is 54.2 Å². The second kappa shape index (κ2) is 9.93. The Balaban J connectivity index is 1.72. The normalized spacial score (nSPS) is 15.8. The quantitative estimate of drug-likeness (QED) is 0.449. The van der Waals surface area contributed by atoms with Gasteiger partial charge in [0, 0.05) is 11.1 Å². The van der Waals surface area contributed by atoms with Crippen LogP contribution in [0.15, 0.2) is 59.1 Å². The van der Waals surface area contributed by atoms with Crippen molar-refractivity contribution in [2.24, 2.45) is 0 Å². The molecule has 2 aromatic carbocycles. The predicted octanol–water partition coefficient (Wildman–Crippen LogP) is 3.94. The summed E-state index contributed by atoms with van der Waals surface area (Å²) in [5.74, 6) is 1.57. The van der Waals surface area contributed by atoms with E-state index in [-0.39, 0.29) is 28.7 Å². The molecule has 0 radical (unpaired) electrons. The van der Waals surface area contributed by atoms with Crippen molar-refractivity contribution >= 4 is 5.78 Å². The third kappa shape index (κ3) is 4.16. The molecular weight excluding hydrogens is 474 g/mol. The van der Waals surface area contributed by atoms with Gasteiger partial charge >= 0.3 is 0 Å². The molecule has 0 fully saturated rings. The number of carbonyl (C=O) groups is 1. The molecule has 0 aliphatic heterocycles. The number of hydrogen-bond acceptors (Lipinski definition) is 8. The van der Waals surface area contributed by atoms with Crippen molar-refractivity contribution in [1.29, 1.82) is 0 Å². The minimum absolute atomic E-state index is 0.158. The number of methoxy groups -OCH3 is 4. The van der Waals surface area contributed by atoms with Crippen molar-refractivity contribution in [2.45, 2.75) is 25.3 Å². The molecule has 1 aromatic heterocycles. The molecule has 9 nitrogen and oxygen atoms in total. The van der Waals surface area contributed by atoms with E-state index >= 15 is 0 Å². The van der Waals surface area contributed by atoms with Crippen LogP contribution in [0.25, 0.3) is 11.1 Å². The minimum atomic E-state index is -0.376. The van der Waals surface area contributed by atoms with Crippen molar-refractivity contribution in [1.82, 2.24) is 15.0 Å². The zero-order valence-electron chi connectivity index (χ0n) is 21.1. The molecule has 0 saturated carbocycles. The van der Waals surface area contributed by atoms with Crippen molar-refractivity contribution in [3.63, 3.8) is 0 Å². The molecular formula is C28H27N3O6. The van der Waals surface area contributed by atoms with Crippen molar-refractivity contribution in [3.05, 3.63) is 81.3 Å². The van der Waals surface area contributed by atoms with Gasteiger partial charge < -0.3 is 18.9 Å². The molecule has 0 N–H and O–H groups in total. The average Bonchev–Trinajstić information content (AvgIpc) is 3.57. The Labute approximate surface area is 213 Å². The Bertz CT molecular complexity index is 1500. The molecule has 0 bridgehead atoms. The minimum Gasteiger partial charge on any atom is -0.493 e. The molecule has 1 atom stereocenters. The summed E-state index contributed by atoms with van der Waals surface area (Å²) in [5.41, 5.74) is 3.91. The molecule has 2 aliphatic carbocycles. The van der Waals surface area contributed by atoms with Gasteiger partial charge in [-0.2, -0.15) is 0 Å². The van der Waals surface area contributed by atoms with Crippen LogP contribution in [-0.4, -0.2) is 49.2 Å². The van der Waals surface area contributed by atoms with Gasteiger partial charge in [0.2, 0.25) is 17.0 Å². The third-order valence-corrected chi connectivity index (χ3v) is 6.81. The van der Waals surface area contributed by atoms with Crippen molar-refractivity contribution < 1.29 is 23.7 Å². The number of benzene rings is 1. The van der Waals surface area contributed by atoms with Gasteiger partial charge in [-0.25, -0.2) is 4.68 Å². The van der Waals surface area contributed by atoms with E-state index in [1.807, 2.05) is 24.3 Å². The highest BCUT2D eigenvalue weighted by atomic mass is 16.5. The predicted molar refractivity (Wildman–Crippen MR) is 137 cm³/mol. The zero-order valence-corrected chi connectivity index (χ0v) is 21.1. The molecule has 5 rings (SSSR count). The van der Waals surface area contributed by atoms with E-state index in [0.717, 1.165) is 16.7 Å². The lowest BCUT2D eigenvalue weighted by Crippen LogP contribution is -2.13. The first-order chi connectivity index (χ1) is 18.0. The summed E-state index contributed by atoms with van der Waals surface area (Å²) in [7, 11) is 6.17. The number of ketones is 1. The molecule has 2 aliphatic rings. The van der Waals surface area contributed by atoms with E-state index in [1.165, 1.54) is 7.11 Å². The lowest BCUT2D eigenvalue weighted by molar-refractivity contribution is 0.102. The van der Waals surface area contributed by atoms with E-state index < -0.39 is 0 Å². The number of aromatic nitrogens is 3. The summed E-state index contributed by atoms with van der Waals surface area (Å²) in [6, 6.07) is 6.62. The highest BCUT2D eigenvalue weighted by Crippen LogP contribution is 2.50. The summed E-state index contributed by atoms with van der Waals surface area (Å²) in [5, 5.41) is 8.50. The lowest BCUT2D eigenvalue weighted by atomic mass is 9.95. The standard InChI is InChI=1S/C28H27N3O6/c1-34-23-12-10-18-19(14-22(23)32)21(31-15-20(29-30-31)26(33)16-7-5-6-8-16)11-9-17-13-24(35-2)27(36-3)28(37-4)25(17)18/h5-7,10,12-15,21H,8-9,11H2,1-4H3/t21-/m0/s1. The highest BCUT2D eigenvalue weighted by molar-refractivity contribution is 6.07. The molecule has 0 spiro atoms. The Morgan fingerprint density at radius 2 is 1.78 bits per heavy atom. The number of hydrogen-bond donors (Lipinski definition) is 0. The first-order valence-electron chi connectivity index (χ1n) is 11.9. The number of carbonyl (C=O) groups excluding carboxylic acids is 1. The van der Waals surface area contributed by atoms with Crippen LogP contribution in [0.5, 0.6) is 23.0 Å². The molecule has 9 heteroatoms. The monoisotopic (exact) mass is 501 g/mol. The van der Waals surface area contributed by atoms with Gasteiger partial charge in [0.25, 0.3) is 0 Å². The molecule has 0 amide bonds. The summed E-state index contributed by atoms with van der Waals surface area (Å²) in [6.07, 6.45) is 9.02. The van der Waals surface area contributed by atoms with Gasteiger partial charge in [0.15, 0.2) is 22.9 Å². The third-order valence-electron chi connectivity index (χ3n) is 6.81. The maximum atomic E-state index is 13.1. The number of rotatable bonds is 7. The van der Waals surface area contributed by atoms with E-state index in [2.05, 4.69) is 10.3 Å². The van der Waals surface area contributed by atoms with Gasteiger partial charge in [0.1, 0.15) is 0 Å². The van der Waals surface area contributed by atoms with Crippen molar-refractivity contribution in [2.75, 3.05) is 28.4 Å². The lowest BCUT2D eigenvalue weighted by Gasteiger charge is -2.19. The first kappa shape index (κ1) is 24.3. The second-order valence-electron chi connectivity index (χ2n) is 8.75. The highest BCUT2D eigenvalue weighted by Gasteiger charge is 2.31. The fraction of sp³-hybridized carbons (Fsp3) is 0.286. The van der Waals surface area contributed by atoms with Crippen LogP contribution in [0.4, 0.5) is 0 Å². The molecule has 1 heterocycles. The van der Waals surface area contributed by atoms with Gasteiger partial charge in [-0.1, -0.05) is 29.5 Å². The van der Waals surface area contributed by atoms with Crippen LogP contribution >= 0.6 is 0 Å². The number of fused-ring (bicyclic) bond motifs is 3. The Kier molecular flexibility index (Phi) is 6.52. The number of allylic oxidation sites excluding steroid dienone is 4. The fourth-order valence-electron chi connectivity index (χ4n) is 5.03. The maximum Gasteiger partial charge on any atom is 0.220 e. The van der Waals surface area contributed by atoms with E-state index in [0.29, 0.717) is 47.6 Å². The molecule has 0 unspecified atom stereocenters. The first-order valence-corrected chi connectivity index (χ1v) is 11.9. The number of ether oxygens (including phenoxy) is 4. The molecule has 190 valence electrons. The smallest absolute Gasteiger partial charge is 0.220 e. The fourth-order valence-corrected chi connectivity index (χ4v) is 5.03. The second-order valence-corrected chi connectivity index (χ2v) is 8.75. The SMILES string of the molecule is COc1cc2c(c(OC)c1OC)-c1ccc(OC)c(=O)cc1[C@@H](n1cc(C(=O)C3=CC=CC3)nn1)CC2. The maximum absolute atomic E-state index is 13.1. The summed E-state index contributed by atoms with van der Waals surface area (Å²) in [4.78, 5) is 26.0. The van der Waals surface area contributed by atoms with Gasteiger partial charge in [0.05, 0.1) is 40.7 Å². The summed E-state index contributed by atoms with van der Waals surface area (Å²) < 4.78 is 24.1. The van der Waals surface area contributed by atoms with E-state index in [4.69, 9.17) is 18.9 Å². The van der Waals surface area contributed by atoms with Gasteiger partial charge in [-0.3, -0.25) is 9.59 Å². The molecule has 3 aromatic rings. The Morgan fingerprint density at radius 3 is 2.46 bits per heavy atom. The van der Waals surface area contributed by atoms with Crippen LogP contribution in [0, 0.1) is 0 Å². The van der Waals surface area contributed by atoms with Crippen LogP contribution in [0.2, 0.25) is 0 Å². The van der Waals surface area contributed by atoms with Crippen LogP contribution in [-0.2, 0) is 6.42 Å². The number of aryl methyl sites for hydroxylation is 1. The summed E-state index contributed by atoms with van der Waals surface area (Å²) in [6.45, 7) is 0. The van der Waals surface area contributed by atoms with Crippen molar-refractivity contribution in [3.8, 4) is 34.1 Å². The van der Waals surface area contributed by atoms with Gasteiger partial charge in [-0.15, -0.1) is 5.10 Å². The van der Waals surface area contributed by atoms with Crippen LogP contribution in [0.3, 0.4) is 0 Å². The Morgan fingerprint density at radius 1 is 1.00 bits per heavy atom. The summed E-state index contributed by atoms with van der Waals surface area (Å²) >= 11 is 0. The van der Waals surface area contributed by atoms with E-state index in [9.17, 15) is 9.59 Å². The van der Waals surface area contributed by atoms with Crippen LogP contribution in [0.1, 0.15) is 40.5 Å². The number of nitrogens with zero attached hydrogens (tertiary/aromatic N) is 3. The van der Waals surface area contributed by atoms with Crippen LogP contribution < -0.4 is 24.4 Å². The Hall–Kier alpha value is -4.40.